The quantitative estimate of drug-likeness (QED) is 0.804. The molecule has 0 bridgehead atoms. The molecular weight excluding hydrogens is 292 g/mol. The van der Waals surface area contributed by atoms with Gasteiger partial charge in [-0.25, -0.2) is 8.42 Å². The fourth-order valence-electron chi connectivity index (χ4n) is 2.03. The molecule has 0 aliphatic carbocycles. The first-order chi connectivity index (χ1) is 7.39. The molecule has 88 valence electrons. The van der Waals surface area contributed by atoms with Gasteiger partial charge in [-0.05, 0) is 30.5 Å². The van der Waals surface area contributed by atoms with Crippen LogP contribution in [0.3, 0.4) is 0 Å². The number of anilines is 2. The minimum absolute atomic E-state index is 0.509. The topological polar surface area (TPSA) is 63.4 Å². The lowest BCUT2D eigenvalue weighted by molar-refractivity contribution is 0.592. The summed E-state index contributed by atoms with van der Waals surface area (Å²) in [4.78, 5) is 0. The lowest BCUT2D eigenvalue weighted by Gasteiger charge is -2.30. The van der Waals surface area contributed by atoms with Gasteiger partial charge >= 0.3 is 0 Å². The van der Waals surface area contributed by atoms with Gasteiger partial charge in [0.25, 0.3) is 0 Å². The van der Waals surface area contributed by atoms with Crippen molar-refractivity contribution < 1.29 is 8.42 Å². The van der Waals surface area contributed by atoms with Gasteiger partial charge in [0.1, 0.15) is 0 Å². The number of benzene rings is 1. The molecule has 1 aromatic rings. The van der Waals surface area contributed by atoms with Crippen LogP contribution < -0.4 is 10.0 Å². The van der Waals surface area contributed by atoms with Crippen LogP contribution in [-0.4, -0.2) is 21.2 Å². The van der Waals surface area contributed by atoms with E-state index in [9.17, 15) is 8.42 Å². The molecular formula is C10H13BrN2O2S. The molecule has 0 aromatic heterocycles. The van der Waals surface area contributed by atoms with Crippen LogP contribution in [0.1, 0.15) is 12.0 Å². The van der Waals surface area contributed by atoms with Crippen LogP contribution in [0.2, 0.25) is 0 Å². The average molecular weight is 305 g/mol. The Balaban J connectivity index is 2.63. The summed E-state index contributed by atoms with van der Waals surface area (Å²) in [7, 11) is -3.24. The molecule has 0 saturated carbocycles. The van der Waals surface area contributed by atoms with E-state index in [0.29, 0.717) is 17.9 Å². The van der Waals surface area contributed by atoms with E-state index >= 15 is 0 Å². The SMILES string of the molecule is CS(=O)(=O)N1CCCc2cc(Br)cc(N)c21. The molecule has 4 nitrogen and oxygen atoms in total. The first-order valence-electron chi connectivity index (χ1n) is 4.95. The maximum atomic E-state index is 11.6. The third-order valence-corrected chi connectivity index (χ3v) is 4.26. The van der Waals surface area contributed by atoms with Crippen LogP contribution in [0.4, 0.5) is 11.4 Å². The molecule has 0 unspecified atom stereocenters. The zero-order chi connectivity index (χ0) is 11.9. The Bertz CT molecular complexity index is 528. The normalized spacial score (nSPS) is 16.0. The van der Waals surface area contributed by atoms with E-state index in [1.165, 1.54) is 10.6 Å². The summed E-state index contributed by atoms with van der Waals surface area (Å²) in [5.41, 5.74) is 8.04. The summed E-state index contributed by atoms with van der Waals surface area (Å²) in [5, 5.41) is 0. The number of aryl methyl sites for hydroxylation is 1. The monoisotopic (exact) mass is 304 g/mol. The highest BCUT2D eigenvalue weighted by molar-refractivity contribution is 9.10. The van der Waals surface area contributed by atoms with Crippen molar-refractivity contribution in [1.29, 1.82) is 0 Å². The van der Waals surface area contributed by atoms with Crippen molar-refractivity contribution in [2.75, 3.05) is 22.8 Å². The van der Waals surface area contributed by atoms with Gasteiger partial charge in [-0.1, -0.05) is 15.9 Å². The third-order valence-electron chi connectivity index (χ3n) is 2.64. The Morgan fingerprint density at radius 1 is 1.44 bits per heavy atom. The largest absolute Gasteiger partial charge is 0.397 e. The van der Waals surface area contributed by atoms with Crippen LogP contribution in [0.25, 0.3) is 0 Å². The first kappa shape index (κ1) is 11.7. The van der Waals surface area contributed by atoms with E-state index in [0.717, 1.165) is 22.9 Å². The first-order valence-corrected chi connectivity index (χ1v) is 7.59. The lowest BCUT2D eigenvalue weighted by Crippen LogP contribution is -2.35. The summed E-state index contributed by atoms with van der Waals surface area (Å²) >= 11 is 3.36. The highest BCUT2D eigenvalue weighted by atomic mass is 79.9. The van der Waals surface area contributed by atoms with E-state index < -0.39 is 10.0 Å². The summed E-state index contributed by atoms with van der Waals surface area (Å²) < 4.78 is 25.6. The van der Waals surface area contributed by atoms with Gasteiger partial charge < -0.3 is 5.73 Å². The highest BCUT2D eigenvalue weighted by Crippen LogP contribution is 2.36. The molecule has 0 fully saturated rings. The molecule has 0 radical (unpaired) electrons. The Labute approximate surface area is 104 Å². The molecule has 0 amide bonds. The molecule has 16 heavy (non-hydrogen) atoms. The molecule has 0 atom stereocenters. The van der Waals surface area contributed by atoms with Gasteiger partial charge in [0.2, 0.25) is 10.0 Å². The van der Waals surface area contributed by atoms with Gasteiger partial charge in [-0.15, -0.1) is 0 Å². The maximum Gasteiger partial charge on any atom is 0.232 e. The summed E-state index contributed by atoms with van der Waals surface area (Å²) in [6, 6.07) is 3.67. The molecule has 1 heterocycles. The van der Waals surface area contributed by atoms with Crippen molar-refractivity contribution in [3.05, 3.63) is 22.2 Å². The Morgan fingerprint density at radius 3 is 2.75 bits per heavy atom. The maximum absolute atomic E-state index is 11.6. The fraction of sp³-hybridized carbons (Fsp3) is 0.400. The highest BCUT2D eigenvalue weighted by Gasteiger charge is 2.26. The van der Waals surface area contributed by atoms with Crippen molar-refractivity contribution in [1.82, 2.24) is 0 Å². The number of nitrogens with zero attached hydrogens (tertiary/aromatic N) is 1. The van der Waals surface area contributed by atoms with E-state index in [1.807, 2.05) is 6.07 Å². The smallest absolute Gasteiger partial charge is 0.232 e. The summed E-state index contributed by atoms with van der Waals surface area (Å²) in [5.74, 6) is 0. The van der Waals surface area contributed by atoms with E-state index in [2.05, 4.69) is 15.9 Å². The number of nitrogens with two attached hydrogens (primary N) is 1. The van der Waals surface area contributed by atoms with E-state index in [4.69, 9.17) is 5.73 Å². The van der Waals surface area contributed by atoms with Gasteiger partial charge in [-0.3, -0.25) is 4.31 Å². The summed E-state index contributed by atoms with van der Waals surface area (Å²) in [6.45, 7) is 0.512. The van der Waals surface area contributed by atoms with Gasteiger partial charge in [-0.2, -0.15) is 0 Å². The van der Waals surface area contributed by atoms with Crippen molar-refractivity contribution in [2.45, 2.75) is 12.8 Å². The molecule has 0 spiro atoms. The minimum Gasteiger partial charge on any atom is -0.397 e. The van der Waals surface area contributed by atoms with Crippen LogP contribution in [-0.2, 0) is 16.4 Å². The van der Waals surface area contributed by atoms with Crippen LogP contribution in [0.15, 0.2) is 16.6 Å². The van der Waals surface area contributed by atoms with Crippen LogP contribution in [0.5, 0.6) is 0 Å². The molecule has 1 aromatic carbocycles. The Morgan fingerprint density at radius 2 is 2.12 bits per heavy atom. The predicted octanol–water partition coefficient (Wildman–Crippen LogP) is 1.74. The zero-order valence-electron chi connectivity index (χ0n) is 8.90. The number of sulfonamides is 1. The predicted molar refractivity (Wildman–Crippen MR) is 69.1 cm³/mol. The van der Waals surface area contributed by atoms with Crippen LogP contribution in [0, 0.1) is 0 Å². The Kier molecular flexibility index (Phi) is 2.88. The number of rotatable bonds is 1. The number of hydrogen-bond donors (Lipinski definition) is 1. The van der Waals surface area contributed by atoms with Crippen molar-refractivity contribution in [2.24, 2.45) is 0 Å². The number of fused-ring (bicyclic) bond motifs is 1. The molecule has 2 N–H and O–H groups in total. The standard InChI is InChI=1S/C10H13BrN2O2S/c1-16(14,15)13-4-2-3-7-5-8(11)6-9(12)10(7)13/h5-6H,2-4,12H2,1H3. The van der Waals surface area contributed by atoms with Crippen molar-refractivity contribution >= 4 is 37.3 Å². The number of hydrogen-bond acceptors (Lipinski definition) is 3. The zero-order valence-corrected chi connectivity index (χ0v) is 11.3. The number of nitrogen functional groups attached to an aromatic ring is 1. The third kappa shape index (κ3) is 2.04. The van der Waals surface area contributed by atoms with Gasteiger partial charge in [0.15, 0.2) is 0 Å². The average Bonchev–Trinajstić information content (AvgIpc) is 2.14. The second-order valence-electron chi connectivity index (χ2n) is 3.94. The molecule has 1 aliphatic rings. The lowest BCUT2D eigenvalue weighted by atomic mass is 10.0. The second kappa shape index (κ2) is 3.92. The van der Waals surface area contributed by atoms with E-state index in [-0.39, 0.29) is 0 Å². The number of halogens is 1. The van der Waals surface area contributed by atoms with Crippen LogP contribution >= 0.6 is 15.9 Å². The van der Waals surface area contributed by atoms with Crippen molar-refractivity contribution in [3.8, 4) is 0 Å². The van der Waals surface area contributed by atoms with Gasteiger partial charge in [0.05, 0.1) is 17.6 Å². The molecule has 2 rings (SSSR count). The fourth-order valence-corrected chi connectivity index (χ4v) is 3.57. The van der Waals surface area contributed by atoms with Crippen molar-refractivity contribution in [3.63, 3.8) is 0 Å². The molecule has 6 heteroatoms. The molecule has 0 saturated heterocycles. The second-order valence-corrected chi connectivity index (χ2v) is 6.76. The van der Waals surface area contributed by atoms with E-state index in [1.54, 1.807) is 6.07 Å². The Hall–Kier alpha value is -0.750. The molecule has 1 aliphatic heterocycles. The summed E-state index contributed by atoms with van der Waals surface area (Å²) in [6.07, 6.45) is 2.91. The van der Waals surface area contributed by atoms with Gasteiger partial charge in [0, 0.05) is 11.0 Å². The minimum atomic E-state index is -3.24.